The van der Waals surface area contributed by atoms with E-state index >= 15 is 0 Å². The van der Waals surface area contributed by atoms with E-state index in [1.807, 2.05) is 0 Å². The summed E-state index contributed by atoms with van der Waals surface area (Å²) in [5.74, 6) is 0.0811. The van der Waals surface area contributed by atoms with Gasteiger partial charge in [0, 0.05) is 12.1 Å². The molecule has 0 spiro atoms. The number of nitro groups is 1. The highest BCUT2D eigenvalue weighted by Crippen LogP contribution is 2.37. The number of para-hydroxylation sites is 1. The lowest BCUT2D eigenvalue weighted by atomic mass is 10.3. The lowest BCUT2D eigenvalue weighted by Crippen LogP contribution is -1.95. The second-order valence-electron chi connectivity index (χ2n) is 3.25. The van der Waals surface area contributed by atoms with Gasteiger partial charge in [0.2, 0.25) is 11.6 Å². The summed E-state index contributed by atoms with van der Waals surface area (Å²) in [6, 6.07) is 8.97. The molecule has 92 valence electrons. The van der Waals surface area contributed by atoms with Gasteiger partial charge in [-0.3, -0.25) is 10.1 Å². The summed E-state index contributed by atoms with van der Waals surface area (Å²) in [5.41, 5.74) is -0.232. The van der Waals surface area contributed by atoms with Gasteiger partial charge in [-0.15, -0.1) is 0 Å². The molecule has 1 heterocycles. The molecule has 0 aliphatic rings. The number of nitrogens with zero attached hydrogens (tertiary/aromatic N) is 2. The highest BCUT2D eigenvalue weighted by Gasteiger charge is 2.19. The number of benzene rings is 1. The van der Waals surface area contributed by atoms with Crippen molar-refractivity contribution < 1.29 is 9.66 Å². The van der Waals surface area contributed by atoms with Crippen LogP contribution >= 0.6 is 23.2 Å². The first kappa shape index (κ1) is 12.6. The second kappa shape index (κ2) is 5.20. The predicted molar refractivity (Wildman–Crippen MR) is 67.4 cm³/mol. The molecule has 0 saturated carbocycles. The van der Waals surface area contributed by atoms with Crippen LogP contribution in [-0.2, 0) is 0 Å². The van der Waals surface area contributed by atoms with Gasteiger partial charge in [-0.2, -0.15) is 0 Å². The molecule has 1 aromatic carbocycles. The molecule has 0 N–H and O–H groups in total. The van der Waals surface area contributed by atoms with Crippen LogP contribution in [0.1, 0.15) is 0 Å². The summed E-state index contributed by atoms with van der Waals surface area (Å²) in [7, 11) is 0. The van der Waals surface area contributed by atoms with Crippen molar-refractivity contribution in [1.82, 2.24) is 4.98 Å². The van der Waals surface area contributed by atoms with Crippen LogP contribution in [0.4, 0.5) is 5.69 Å². The molecular weight excluding hydrogens is 279 g/mol. The SMILES string of the molecule is O=[N+]([O-])c1cccc(Cl)c1Oc1cccc(Cl)n1. The van der Waals surface area contributed by atoms with Gasteiger partial charge in [-0.25, -0.2) is 4.98 Å². The molecule has 0 aliphatic heterocycles. The Hall–Kier alpha value is -1.85. The summed E-state index contributed by atoms with van der Waals surface area (Å²) in [4.78, 5) is 14.1. The molecule has 18 heavy (non-hydrogen) atoms. The minimum absolute atomic E-state index is 0.0565. The van der Waals surface area contributed by atoms with Gasteiger partial charge >= 0.3 is 5.69 Å². The molecule has 0 saturated heterocycles. The number of aromatic nitrogens is 1. The van der Waals surface area contributed by atoms with Gasteiger partial charge in [0.1, 0.15) is 5.15 Å². The quantitative estimate of drug-likeness (QED) is 0.484. The number of halogens is 2. The van der Waals surface area contributed by atoms with Gasteiger partial charge in [0.25, 0.3) is 0 Å². The predicted octanol–water partition coefficient (Wildman–Crippen LogP) is 4.09. The zero-order valence-corrected chi connectivity index (χ0v) is 10.4. The fourth-order valence-corrected chi connectivity index (χ4v) is 1.66. The first-order valence-electron chi connectivity index (χ1n) is 4.81. The van der Waals surface area contributed by atoms with E-state index in [9.17, 15) is 10.1 Å². The van der Waals surface area contributed by atoms with E-state index in [2.05, 4.69) is 4.98 Å². The summed E-state index contributed by atoms with van der Waals surface area (Å²) < 4.78 is 5.31. The molecule has 0 amide bonds. The van der Waals surface area contributed by atoms with E-state index < -0.39 is 4.92 Å². The topological polar surface area (TPSA) is 65.3 Å². The van der Waals surface area contributed by atoms with Gasteiger partial charge < -0.3 is 4.74 Å². The third-order valence-electron chi connectivity index (χ3n) is 2.04. The van der Waals surface area contributed by atoms with E-state index in [0.29, 0.717) is 0 Å². The maximum atomic E-state index is 10.9. The Bertz CT molecular complexity index is 605. The fourth-order valence-electron chi connectivity index (χ4n) is 1.29. The van der Waals surface area contributed by atoms with Crippen molar-refractivity contribution in [3.8, 4) is 11.6 Å². The Balaban J connectivity index is 2.42. The van der Waals surface area contributed by atoms with Crippen molar-refractivity contribution in [2.75, 3.05) is 0 Å². The highest BCUT2D eigenvalue weighted by atomic mass is 35.5. The van der Waals surface area contributed by atoms with Crippen LogP contribution in [0, 0.1) is 10.1 Å². The van der Waals surface area contributed by atoms with Gasteiger partial charge in [0.15, 0.2) is 0 Å². The third kappa shape index (κ3) is 2.69. The summed E-state index contributed by atoms with van der Waals surface area (Å²) in [6.45, 7) is 0. The van der Waals surface area contributed by atoms with Crippen LogP contribution in [0.5, 0.6) is 11.6 Å². The van der Waals surface area contributed by atoms with E-state index in [4.69, 9.17) is 27.9 Å². The molecule has 7 heteroatoms. The average molecular weight is 285 g/mol. The Labute approximate surface area is 112 Å². The maximum Gasteiger partial charge on any atom is 0.313 e. The Morgan fingerprint density at radius 1 is 1.17 bits per heavy atom. The van der Waals surface area contributed by atoms with Crippen LogP contribution < -0.4 is 4.74 Å². The summed E-state index contributed by atoms with van der Waals surface area (Å²) >= 11 is 11.6. The van der Waals surface area contributed by atoms with Crippen molar-refractivity contribution in [2.45, 2.75) is 0 Å². The average Bonchev–Trinajstić information content (AvgIpc) is 2.31. The van der Waals surface area contributed by atoms with Crippen LogP contribution in [0.25, 0.3) is 0 Å². The number of pyridine rings is 1. The fraction of sp³-hybridized carbons (Fsp3) is 0. The molecule has 0 bridgehead atoms. The Morgan fingerprint density at radius 2 is 1.89 bits per heavy atom. The third-order valence-corrected chi connectivity index (χ3v) is 2.55. The van der Waals surface area contributed by atoms with Crippen molar-refractivity contribution in [3.05, 3.63) is 56.7 Å². The normalized spacial score (nSPS) is 10.1. The number of hydrogen-bond donors (Lipinski definition) is 0. The van der Waals surface area contributed by atoms with Crippen molar-refractivity contribution in [2.24, 2.45) is 0 Å². The minimum Gasteiger partial charge on any atom is -0.430 e. The molecule has 0 aliphatic carbocycles. The summed E-state index contributed by atoms with van der Waals surface area (Å²) in [5, 5.41) is 11.2. The molecule has 0 radical (unpaired) electrons. The molecule has 2 rings (SSSR count). The maximum absolute atomic E-state index is 10.9. The second-order valence-corrected chi connectivity index (χ2v) is 4.04. The number of hydrogen-bond acceptors (Lipinski definition) is 4. The highest BCUT2D eigenvalue weighted by molar-refractivity contribution is 6.32. The first-order chi connectivity index (χ1) is 8.58. The van der Waals surface area contributed by atoms with Crippen molar-refractivity contribution >= 4 is 28.9 Å². The van der Waals surface area contributed by atoms with Gasteiger partial charge in [-0.05, 0) is 12.1 Å². The van der Waals surface area contributed by atoms with Crippen molar-refractivity contribution in [1.29, 1.82) is 0 Å². The van der Waals surface area contributed by atoms with E-state index in [1.54, 1.807) is 12.1 Å². The van der Waals surface area contributed by atoms with Crippen LogP contribution in [0.2, 0.25) is 10.2 Å². The van der Waals surface area contributed by atoms with Gasteiger partial charge in [-0.1, -0.05) is 35.3 Å². The van der Waals surface area contributed by atoms with E-state index in [1.165, 1.54) is 24.3 Å². The molecular formula is C11H6Cl2N2O3. The van der Waals surface area contributed by atoms with E-state index in [0.717, 1.165) is 0 Å². The largest absolute Gasteiger partial charge is 0.430 e. The Morgan fingerprint density at radius 3 is 2.56 bits per heavy atom. The monoisotopic (exact) mass is 284 g/mol. The smallest absolute Gasteiger partial charge is 0.313 e. The number of ether oxygens (including phenoxy) is 1. The minimum atomic E-state index is -0.578. The molecule has 1 aromatic heterocycles. The standard InChI is InChI=1S/C11H6Cl2N2O3/c12-7-3-1-4-8(15(16)17)11(7)18-10-6-2-5-9(13)14-10/h1-6H. The molecule has 0 atom stereocenters. The zero-order chi connectivity index (χ0) is 13.1. The number of rotatable bonds is 3. The Kier molecular flexibility index (Phi) is 3.64. The zero-order valence-electron chi connectivity index (χ0n) is 8.84. The molecule has 0 unspecified atom stereocenters. The summed E-state index contributed by atoms with van der Waals surface area (Å²) in [6.07, 6.45) is 0. The van der Waals surface area contributed by atoms with Gasteiger partial charge in [0.05, 0.1) is 9.95 Å². The molecule has 5 nitrogen and oxygen atoms in total. The van der Waals surface area contributed by atoms with Crippen LogP contribution in [-0.4, -0.2) is 9.91 Å². The lowest BCUT2D eigenvalue weighted by Gasteiger charge is -2.06. The van der Waals surface area contributed by atoms with E-state index in [-0.39, 0.29) is 27.5 Å². The van der Waals surface area contributed by atoms with Crippen LogP contribution in [0.3, 0.4) is 0 Å². The number of nitro benzene ring substituents is 1. The molecule has 2 aromatic rings. The van der Waals surface area contributed by atoms with Crippen LogP contribution in [0.15, 0.2) is 36.4 Å². The first-order valence-corrected chi connectivity index (χ1v) is 5.57. The lowest BCUT2D eigenvalue weighted by molar-refractivity contribution is -0.385. The van der Waals surface area contributed by atoms with Crippen molar-refractivity contribution in [3.63, 3.8) is 0 Å². The molecule has 0 fully saturated rings.